The molecule has 4 heteroatoms. The van der Waals surface area contributed by atoms with Crippen molar-refractivity contribution < 1.29 is 4.79 Å². The predicted octanol–water partition coefficient (Wildman–Crippen LogP) is 2.35. The van der Waals surface area contributed by atoms with Crippen molar-refractivity contribution in [2.24, 2.45) is 0 Å². The van der Waals surface area contributed by atoms with Crippen molar-refractivity contribution in [3.05, 3.63) is 29.9 Å². The summed E-state index contributed by atoms with van der Waals surface area (Å²) in [6.45, 7) is 0.771. The molecular formula is C14H21N3O. The zero-order valence-electron chi connectivity index (χ0n) is 10.7. The van der Waals surface area contributed by atoms with E-state index in [1.807, 2.05) is 0 Å². The highest BCUT2D eigenvalue weighted by molar-refractivity contribution is 5.76. The molecule has 1 heterocycles. The third-order valence-electron chi connectivity index (χ3n) is 3.33. The highest BCUT2D eigenvalue weighted by Crippen LogP contribution is 2.19. The van der Waals surface area contributed by atoms with Crippen LogP contribution >= 0.6 is 0 Å². The van der Waals surface area contributed by atoms with Crippen LogP contribution in [0, 0.1) is 0 Å². The molecule has 0 aliphatic heterocycles. The fourth-order valence-electron chi connectivity index (χ4n) is 2.25. The second-order valence-electron chi connectivity index (χ2n) is 4.78. The molecule has 1 aliphatic rings. The van der Waals surface area contributed by atoms with Crippen molar-refractivity contribution in [2.75, 3.05) is 6.54 Å². The molecule has 0 atom stereocenters. The number of hydrogen-bond donors (Lipinski definition) is 2. The summed E-state index contributed by atoms with van der Waals surface area (Å²) >= 11 is 0. The highest BCUT2D eigenvalue weighted by Gasteiger charge is 2.05. The molecule has 0 radical (unpaired) electrons. The second kappa shape index (κ2) is 6.99. The summed E-state index contributed by atoms with van der Waals surface area (Å²) in [6.07, 6.45) is 13.1. The molecule has 0 fully saturated rings. The summed E-state index contributed by atoms with van der Waals surface area (Å²) in [5, 5.41) is 2.98. The number of H-pyrrole nitrogens is 1. The molecule has 0 bridgehead atoms. The van der Waals surface area contributed by atoms with Gasteiger partial charge in [-0.3, -0.25) is 4.79 Å². The Morgan fingerprint density at radius 3 is 3.06 bits per heavy atom. The largest absolute Gasteiger partial charge is 0.356 e. The molecule has 0 saturated carbocycles. The molecule has 0 aromatic carbocycles. The molecule has 1 aromatic heterocycles. The maximum Gasteiger partial charge on any atom is 0.220 e. The number of aromatic amines is 1. The minimum absolute atomic E-state index is 0.126. The number of amides is 1. The van der Waals surface area contributed by atoms with E-state index in [1.165, 1.54) is 31.3 Å². The third kappa shape index (κ3) is 4.35. The normalized spacial score (nSPS) is 15.2. The van der Waals surface area contributed by atoms with Crippen molar-refractivity contribution >= 4 is 5.91 Å². The third-order valence-corrected chi connectivity index (χ3v) is 3.33. The number of rotatable bonds is 6. The van der Waals surface area contributed by atoms with Gasteiger partial charge in [0.2, 0.25) is 5.91 Å². The number of aryl methyl sites for hydroxylation is 1. The second-order valence-corrected chi connectivity index (χ2v) is 4.78. The van der Waals surface area contributed by atoms with E-state index in [4.69, 9.17) is 0 Å². The number of allylic oxidation sites excluding steroid dienone is 1. The first-order valence-electron chi connectivity index (χ1n) is 6.76. The molecule has 0 unspecified atom stereocenters. The molecule has 18 heavy (non-hydrogen) atoms. The summed E-state index contributed by atoms with van der Waals surface area (Å²) in [7, 11) is 0. The zero-order chi connectivity index (χ0) is 12.6. The smallest absolute Gasteiger partial charge is 0.220 e. The van der Waals surface area contributed by atoms with Gasteiger partial charge in [0, 0.05) is 24.9 Å². The molecular weight excluding hydrogens is 226 g/mol. The van der Waals surface area contributed by atoms with Gasteiger partial charge in [0.05, 0.1) is 6.33 Å². The average Bonchev–Trinajstić information content (AvgIpc) is 2.91. The Morgan fingerprint density at radius 2 is 2.33 bits per heavy atom. The first kappa shape index (κ1) is 12.9. The number of imidazole rings is 1. The Morgan fingerprint density at radius 1 is 1.39 bits per heavy atom. The molecule has 0 saturated heterocycles. The summed E-state index contributed by atoms with van der Waals surface area (Å²) in [6, 6.07) is 0. The van der Waals surface area contributed by atoms with Gasteiger partial charge in [0.15, 0.2) is 0 Å². The topological polar surface area (TPSA) is 57.8 Å². The van der Waals surface area contributed by atoms with Crippen molar-refractivity contribution in [3.63, 3.8) is 0 Å². The lowest BCUT2D eigenvalue weighted by Gasteiger charge is -2.12. The summed E-state index contributed by atoms with van der Waals surface area (Å²) < 4.78 is 0. The van der Waals surface area contributed by atoms with E-state index >= 15 is 0 Å². The van der Waals surface area contributed by atoms with E-state index in [0.29, 0.717) is 6.42 Å². The minimum Gasteiger partial charge on any atom is -0.356 e. The van der Waals surface area contributed by atoms with Crippen LogP contribution in [0.15, 0.2) is 24.2 Å². The van der Waals surface area contributed by atoms with Gasteiger partial charge in [-0.1, -0.05) is 11.6 Å². The van der Waals surface area contributed by atoms with Gasteiger partial charge in [-0.05, 0) is 38.5 Å². The molecule has 4 nitrogen and oxygen atoms in total. The van der Waals surface area contributed by atoms with Crippen molar-refractivity contribution in [1.82, 2.24) is 15.3 Å². The number of carbonyl (C=O) groups is 1. The molecule has 1 amide bonds. The van der Waals surface area contributed by atoms with Crippen LogP contribution in [0.25, 0.3) is 0 Å². The number of nitrogens with zero attached hydrogens (tertiary/aromatic N) is 1. The zero-order valence-corrected chi connectivity index (χ0v) is 10.7. The SMILES string of the molecule is O=C(CCc1cnc[nH]1)NCCC1=CCCCC1. The van der Waals surface area contributed by atoms with Crippen LogP contribution < -0.4 is 5.32 Å². The van der Waals surface area contributed by atoms with Crippen molar-refractivity contribution in [3.8, 4) is 0 Å². The average molecular weight is 247 g/mol. The van der Waals surface area contributed by atoms with Gasteiger partial charge in [-0.15, -0.1) is 0 Å². The first-order valence-corrected chi connectivity index (χ1v) is 6.76. The standard InChI is InChI=1S/C14H21N3O/c18-14(7-6-13-10-15-11-17-13)16-9-8-12-4-2-1-3-5-12/h4,10-11H,1-3,5-9H2,(H,15,17)(H,16,18). The van der Waals surface area contributed by atoms with E-state index < -0.39 is 0 Å². The lowest BCUT2D eigenvalue weighted by atomic mass is 9.97. The number of aromatic nitrogens is 2. The maximum atomic E-state index is 11.6. The van der Waals surface area contributed by atoms with E-state index in [0.717, 1.165) is 25.1 Å². The first-order chi connectivity index (χ1) is 8.84. The van der Waals surface area contributed by atoms with Crippen molar-refractivity contribution in [1.29, 1.82) is 0 Å². The molecule has 1 aromatic rings. The quantitative estimate of drug-likeness (QED) is 0.758. The van der Waals surface area contributed by atoms with Gasteiger partial charge in [-0.2, -0.15) is 0 Å². The number of carbonyl (C=O) groups excluding carboxylic acids is 1. The van der Waals surface area contributed by atoms with Gasteiger partial charge >= 0.3 is 0 Å². The van der Waals surface area contributed by atoms with Crippen LogP contribution in [0.2, 0.25) is 0 Å². The molecule has 2 N–H and O–H groups in total. The van der Waals surface area contributed by atoms with Crippen LogP contribution in [0.4, 0.5) is 0 Å². The van der Waals surface area contributed by atoms with Crippen LogP contribution in [0.5, 0.6) is 0 Å². The summed E-state index contributed by atoms with van der Waals surface area (Å²) in [5.41, 5.74) is 2.52. The highest BCUT2D eigenvalue weighted by atomic mass is 16.1. The minimum atomic E-state index is 0.126. The number of nitrogens with one attached hydrogen (secondary N) is 2. The lowest BCUT2D eigenvalue weighted by Crippen LogP contribution is -2.25. The Kier molecular flexibility index (Phi) is 5.00. The Hall–Kier alpha value is -1.58. The lowest BCUT2D eigenvalue weighted by molar-refractivity contribution is -0.121. The van der Waals surface area contributed by atoms with Gasteiger partial charge < -0.3 is 10.3 Å². The Balaban J connectivity index is 1.58. The van der Waals surface area contributed by atoms with Gasteiger partial charge in [0.25, 0.3) is 0 Å². The molecule has 2 rings (SSSR count). The Bertz CT molecular complexity index is 395. The van der Waals surface area contributed by atoms with Gasteiger partial charge in [0.1, 0.15) is 0 Å². The molecule has 1 aliphatic carbocycles. The van der Waals surface area contributed by atoms with Crippen LogP contribution in [0.1, 0.15) is 44.2 Å². The predicted molar refractivity (Wildman–Crippen MR) is 71.1 cm³/mol. The van der Waals surface area contributed by atoms with Crippen LogP contribution in [-0.4, -0.2) is 22.4 Å². The van der Waals surface area contributed by atoms with E-state index in [2.05, 4.69) is 21.4 Å². The fraction of sp³-hybridized carbons (Fsp3) is 0.571. The monoisotopic (exact) mass is 247 g/mol. The van der Waals surface area contributed by atoms with E-state index in [1.54, 1.807) is 12.5 Å². The van der Waals surface area contributed by atoms with Crippen LogP contribution in [-0.2, 0) is 11.2 Å². The Labute approximate surface area is 108 Å². The van der Waals surface area contributed by atoms with Crippen molar-refractivity contribution in [2.45, 2.75) is 44.9 Å². The fourth-order valence-corrected chi connectivity index (χ4v) is 2.25. The number of hydrogen-bond acceptors (Lipinski definition) is 2. The summed E-state index contributed by atoms with van der Waals surface area (Å²) in [5.74, 6) is 0.126. The molecule has 98 valence electrons. The van der Waals surface area contributed by atoms with E-state index in [9.17, 15) is 4.79 Å². The van der Waals surface area contributed by atoms with Gasteiger partial charge in [-0.25, -0.2) is 4.98 Å². The summed E-state index contributed by atoms with van der Waals surface area (Å²) in [4.78, 5) is 18.5. The van der Waals surface area contributed by atoms with Crippen LogP contribution in [0.3, 0.4) is 0 Å². The van der Waals surface area contributed by atoms with E-state index in [-0.39, 0.29) is 5.91 Å². The maximum absolute atomic E-state index is 11.6. The molecule has 0 spiro atoms.